The van der Waals surface area contributed by atoms with E-state index in [9.17, 15) is 13.2 Å². The maximum Gasteiger partial charge on any atom is 0.237 e. The fourth-order valence-electron chi connectivity index (χ4n) is 1.82. The minimum atomic E-state index is -3.36. The second-order valence-electron chi connectivity index (χ2n) is 4.27. The molecule has 5 nitrogen and oxygen atoms in total. The molecule has 1 atom stereocenters. The molecule has 0 aromatic heterocycles. The van der Waals surface area contributed by atoms with Gasteiger partial charge in [0.15, 0.2) is 0 Å². The third-order valence-electron chi connectivity index (χ3n) is 2.81. The molecular formula is C9H16N2O3S. The summed E-state index contributed by atoms with van der Waals surface area (Å²) in [5.41, 5.74) is 0. The first kappa shape index (κ1) is 10.9. The fraction of sp³-hybridized carbons (Fsp3) is 0.889. The summed E-state index contributed by atoms with van der Waals surface area (Å²) in [5.74, 6) is -0.374. The standard InChI is InChI=1S/C9H16N2O3S/c12-9(6-7-2-1-5-10-7)11-15(13,14)8-3-4-8/h7-8,10H,1-6H2,(H,11,12). The monoisotopic (exact) mass is 232 g/mol. The fourth-order valence-corrected chi connectivity index (χ4v) is 3.14. The zero-order chi connectivity index (χ0) is 10.9. The van der Waals surface area contributed by atoms with Gasteiger partial charge in [0.2, 0.25) is 15.9 Å². The van der Waals surface area contributed by atoms with E-state index >= 15 is 0 Å². The average molecular weight is 232 g/mol. The van der Waals surface area contributed by atoms with Crippen molar-refractivity contribution in [1.82, 2.24) is 10.0 Å². The second-order valence-corrected chi connectivity index (χ2v) is 6.23. The third kappa shape index (κ3) is 2.92. The Balaban J connectivity index is 1.81. The largest absolute Gasteiger partial charge is 0.313 e. The Labute approximate surface area is 89.7 Å². The number of hydrogen-bond donors (Lipinski definition) is 2. The number of sulfonamides is 1. The first-order chi connectivity index (χ1) is 7.08. The van der Waals surface area contributed by atoms with Crippen LogP contribution in [-0.2, 0) is 14.8 Å². The summed E-state index contributed by atoms with van der Waals surface area (Å²) in [6.45, 7) is 0.924. The van der Waals surface area contributed by atoms with Gasteiger partial charge in [-0.2, -0.15) is 0 Å². The van der Waals surface area contributed by atoms with Crippen molar-refractivity contribution in [3.63, 3.8) is 0 Å². The number of amides is 1. The zero-order valence-electron chi connectivity index (χ0n) is 8.53. The van der Waals surface area contributed by atoms with Gasteiger partial charge >= 0.3 is 0 Å². The molecule has 0 spiro atoms. The molecule has 1 saturated heterocycles. The molecule has 1 unspecified atom stereocenters. The second kappa shape index (κ2) is 4.09. The predicted octanol–water partition coefficient (Wildman–Crippen LogP) is -0.263. The van der Waals surface area contributed by atoms with E-state index in [1.165, 1.54) is 0 Å². The van der Waals surface area contributed by atoms with Crippen LogP contribution in [-0.4, -0.2) is 32.2 Å². The van der Waals surface area contributed by atoms with E-state index in [-0.39, 0.29) is 23.6 Å². The molecule has 86 valence electrons. The van der Waals surface area contributed by atoms with Crippen molar-refractivity contribution >= 4 is 15.9 Å². The lowest BCUT2D eigenvalue weighted by atomic mass is 10.1. The van der Waals surface area contributed by atoms with E-state index in [1.54, 1.807) is 0 Å². The molecule has 0 aromatic carbocycles. The lowest BCUT2D eigenvalue weighted by Crippen LogP contribution is -2.37. The van der Waals surface area contributed by atoms with Crippen molar-refractivity contribution in [2.45, 2.75) is 43.4 Å². The number of nitrogens with one attached hydrogen (secondary N) is 2. The summed E-state index contributed by atoms with van der Waals surface area (Å²) in [5, 5.41) is 2.84. The normalized spacial score (nSPS) is 26.5. The summed E-state index contributed by atoms with van der Waals surface area (Å²) in [7, 11) is -3.36. The first-order valence-electron chi connectivity index (χ1n) is 5.36. The molecule has 2 rings (SSSR count). The van der Waals surface area contributed by atoms with Crippen LogP contribution in [0, 0.1) is 0 Å². The maximum atomic E-state index is 11.4. The van der Waals surface area contributed by atoms with Gasteiger partial charge in [-0.1, -0.05) is 0 Å². The van der Waals surface area contributed by atoms with Crippen molar-refractivity contribution in [2.75, 3.05) is 6.54 Å². The van der Waals surface area contributed by atoms with Gasteiger partial charge in [0, 0.05) is 12.5 Å². The van der Waals surface area contributed by atoms with Gasteiger partial charge in [0.25, 0.3) is 0 Å². The van der Waals surface area contributed by atoms with Crippen molar-refractivity contribution in [3.05, 3.63) is 0 Å². The van der Waals surface area contributed by atoms with Crippen LogP contribution in [0.3, 0.4) is 0 Å². The highest BCUT2D eigenvalue weighted by atomic mass is 32.2. The molecule has 1 amide bonds. The molecule has 2 aliphatic rings. The number of carbonyl (C=O) groups excluding carboxylic acids is 1. The van der Waals surface area contributed by atoms with Crippen molar-refractivity contribution in [2.24, 2.45) is 0 Å². The minimum Gasteiger partial charge on any atom is -0.313 e. The first-order valence-corrected chi connectivity index (χ1v) is 6.90. The van der Waals surface area contributed by atoms with Gasteiger partial charge in [-0.05, 0) is 32.2 Å². The van der Waals surface area contributed by atoms with Gasteiger partial charge in [-0.25, -0.2) is 8.42 Å². The van der Waals surface area contributed by atoms with E-state index in [0.717, 1.165) is 19.4 Å². The molecule has 15 heavy (non-hydrogen) atoms. The third-order valence-corrected chi connectivity index (χ3v) is 4.67. The quantitative estimate of drug-likeness (QED) is 0.700. The highest BCUT2D eigenvalue weighted by molar-refractivity contribution is 7.90. The number of carbonyl (C=O) groups is 1. The van der Waals surface area contributed by atoms with Crippen LogP contribution in [0.25, 0.3) is 0 Å². The Hall–Kier alpha value is -0.620. The van der Waals surface area contributed by atoms with Gasteiger partial charge < -0.3 is 5.32 Å². The van der Waals surface area contributed by atoms with Crippen LogP contribution in [0.4, 0.5) is 0 Å². The van der Waals surface area contributed by atoms with Gasteiger partial charge in [0.1, 0.15) is 0 Å². The van der Waals surface area contributed by atoms with Crippen LogP contribution in [0.1, 0.15) is 32.1 Å². The molecule has 1 aliphatic heterocycles. The highest BCUT2D eigenvalue weighted by Gasteiger charge is 2.37. The molecule has 1 saturated carbocycles. The van der Waals surface area contributed by atoms with E-state index in [4.69, 9.17) is 0 Å². The number of hydrogen-bond acceptors (Lipinski definition) is 4. The van der Waals surface area contributed by atoms with E-state index < -0.39 is 10.0 Å². The molecule has 0 bridgehead atoms. The summed E-state index contributed by atoms with van der Waals surface area (Å²) in [4.78, 5) is 11.4. The van der Waals surface area contributed by atoms with E-state index in [0.29, 0.717) is 12.8 Å². The summed E-state index contributed by atoms with van der Waals surface area (Å²) < 4.78 is 25.0. The Bertz CT molecular complexity index is 342. The lowest BCUT2D eigenvalue weighted by molar-refractivity contribution is -0.119. The summed E-state index contributed by atoms with van der Waals surface area (Å²) >= 11 is 0. The van der Waals surface area contributed by atoms with Crippen LogP contribution >= 0.6 is 0 Å². The van der Waals surface area contributed by atoms with Crippen LogP contribution in [0.2, 0.25) is 0 Å². The van der Waals surface area contributed by atoms with Crippen molar-refractivity contribution in [1.29, 1.82) is 0 Å². The maximum absolute atomic E-state index is 11.4. The molecule has 6 heteroatoms. The van der Waals surface area contributed by atoms with Gasteiger partial charge in [-0.15, -0.1) is 0 Å². The predicted molar refractivity (Wildman–Crippen MR) is 55.7 cm³/mol. The van der Waals surface area contributed by atoms with E-state index in [2.05, 4.69) is 10.0 Å². The summed E-state index contributed by atoms with van der Waals surface area (Å²) in [6.07, 6.45) is 3.66. The van der Waals surface area contributed by atoms with Crippen LogP contribution in [0.15, 0.2) is 0 Å². The van der Waals surface area contributed by atoms with Crippen molar-refractivity contribution in [3.8, 4) is 0 Å². The minimum absolute atomic E-state index is 0.152. The van der Waals surface area contributed by atoms with Crippen LogP contribution < -0.4 is 10.0 Å². The molecule has 1 heterocycles. The zero-order valence-corrected chi connectivity index (χ0v) is 9.35. The lowest BCUT2D eigenvalue weighted by Gasteiger charge is -2.10. The van der Waals surface area contributed by atoms with E-state index in [1.807, 2.05) is 0 Å². The highest BCUT2D eigenvalue weighted by Crippen LogP contribution is 2.27. The summed E-state index contributed by atoms with van der Waals surface area (Å²) in [6, 6.07) is 0.152. The van der Waals surface area contributed by atoms with Crippen molar-refractivity contribution < 1.29 is 13.2 Å². The Kier molecular flexibility index (Phi) is 2.97. The molecule has 2 N–H and O–H groups in total. The number of rotatable bonds is 4. The average Bonchev–Trinajstić information content (AvgIpc) is 2.88. The van der Waals surface area contributed by atoms with Gasteiger partial charge in [0.05, 0.1) is 5.25 Å². The molecule has 0 aromatic rings. The topological polar surface area (TPSA) is 75.3 Å². The Morgan fingerprint density at radius 3 is 2.60 bits per heavy atom. The molecule has 0 radical (unpaired) electrons. The Morgan fingerprint density at radius 2 is 2.07 bits per heavy atom. The molecule has 2 fully saturated rings. The SMILES string of the molecule is O=C(CC1CCCN1)NS(=O)(=O)C1CC1. The van der Waals surface area contributed by atoms with Crippen LogP contribution in [0.5, 0.6) is 0 Å². The van der Waals surface area contributed by atoms with Gasteiger partial charge in [-0.3, -0.25) is 9.52 Å². The smallest absolute Gasteiger partial charge is 0.237 e. The molecular weight excluding hydrogens is 216 g/mol. The molecule has 1 aliphatic carbocycles. The Morgan fingerprint density at radius 1 is 1.33 bits per heavy atom.